The van der Waals surface area contributed by atoms with E-state index in [0.29, 0.717) is 5.69 Å². The molecular formula is C14H9N5. The molecule has 5 nitrogen and oxygen atoms in total. The van der Waals surface area contributed by atoms with Crippen LogP contribution in [-0.4, -0.2) is 4.98 Å². The van der Waals surface area contributed by atoms with Gasteiger partial charge in [0.15, 0.2) is 5.57 Å². The molecule has 0 saturated heterocycles. The highest BCUT2D eigenvalue weighted by Gasteiger charge is 2.06. The van der Waals surface area contributed by atoms with E-state index in [1.165, 1.54) is 0 Å². The maximum Gasteiger partial charge on any atom is 0.163 e. The van der Waals surface area contributed by atoms with Gasteiger partial charge < -0.3 is 10.3 Å². The van der Waals surface area contributed by atoms with Crippen molar-refractivity contribution in [2.45, 2.75) is 6.92 Å². The number of allylic oxidation sites excluding steroid dienone is 2. The molecule has 1 aromatic carbocycles. The van der Waals surface area contributed by atoms with Gasteiger partial charge in [-0.05, 0) is 31.2 Å². The van der Waals surface area contributed by atoms with E-state index >= 15 is 0 Å². The summed E-state index contributed by atoms with van der Waals surface area (Å²) in [5.41, 5.74) is 2.42. The summed E-state index contributed by atoms with van der Waals surface area (Å²) in [6, 6.07) is 12.7. The van der Waals surface area contributed by atoms with E-state index in [2.05, 4.69) is 10.3 Å². The Bertz CT molecular complexity index is 774. The van der Waals surface area contributed by atoms with Crippen molar-refractivity contribution in [2.75, 3.05) is 5.32 Å². The van der Waals surface area contributed by atoms with Gasteiger partial charge in [0.05, 0.1) is 0 Å². The van der Waals surface area contributed by atoms with Crippen molar-refractivity contribution >= 4 is 16.6 Å². The second kappa shape index (κ2) is 4.96. The first-order chi connectivity index (χ1) is 9.17. The van der Waals surface area contributed by atoms with Gasteiger partial charge in [-0.25, -0.2) is 0 Å². The number of rotatable bonds is 2. The van der Waals surface area contributed by atoms with Crippen LogP contribution in [0.25, 0.3) is 10.9 Å². The van der Waals surface area contributed by atoms with E-state index in [4.69, 9.17) is 15.8 Å². The van der Waals surface area contributed by atoms with Crippen molar-refractivity contribution in [3.05, 3.63) is 41.2 Å². The molecule has 0 aliphatic rings. The summed E-state index contributed by atoms with van der Waals surface area (Å²) in [6.45, 7) is 1.96. The molecule has 1 heterocycles. The van der Waals surface area contributed by atoms with E-state index in [1.54, 1.807) is 18.2 Å². The molecule has 0 atom stereocenters. The Morgan fingerprint density at radius 1 is 1.11 bits per heavy atom. The summed E-state index contributed by atoms with van der Waals surface area (Å²) in [5.74, 6) is 0. The Morgan fingerprint density at radius 3 is 2.47 bits per heavy atom. The van der Waals surface area contributed by atoms with Gasteiger partial charge in [-0.3, -0.25) is 0 Å². The molecule has 0 radical (unpaired) electrons. The van der Waals surface area contributed by atoms with Gasteiger partial charge in [-0.2, -0.15) is 15.8 Å². The number of benzene rings is 1. The third-order valence-corrected chi connectivity index (χ3v) is 2.61. The zero-order valence-electron chi connectivity index (χ0n) is 10.2. The lowest BCUT2D eigenvalue weighted by Gasteiger charge is -2.04. The number of aromatic amines is 1. The Hall–Kier alpha value is -3.23. The quantitative estimate of drug-likeness (QED) is 0.797. The first-order valence-corrected chi connectivity index (χ1v) is 5.49. The summed E-state index contributed by atoms with van der Waals surface area (Å²) in [6.07, 6.45) is 0. The molecule has 19 heavy (non-hydrogen) atoms. The zero-order chi connectivity index (χ0) is 13.8. The molecule has 0 unspecified atom stereocenters. The molecule has 0 fully saturated rings. The second-order valence-corrected chi connectivity index (χ2v) is 3.96. The smallest absolute Gasteiger partial charge is 0.163 e. The number of fused-ring (bicyclic) bond motifs is 1. The van der Waals surface area contributed by atoms with Gasteiger partial charge in [0, 0.05) is 22.3 Å². The lowest BCUT2D eigenvalue weighted by Crippen LogP contribution is -2.00. The van der Waals surface area contributed by atoms with Crippen LogP contribution in [0.4, 0.5) is 5.69 Å². The number of H-pyrrole nitrogens is 1. The predicted molar refractivity (Wildman–Crippen MR) is 70.5 cm³/mol. The summed E-state index contributed by atoms with van der Waals surface area (Å²) in [4.78, 5) is 3.19. The topological polar surface area (TPSA) is 99.2 Å². The van der Waals surface area contributed by atoms with Crippen LogP contribution in [0.1, 0.15) is 5.69 Å². The maximum atomic E-state index is 8.96. The minimum atomic E-state index is -0.229. The molecule has 2 N–H and O–H groups in total. The number of anilines is 1. The summed E-state index contributed by atoms with van der Waals surface area (Å²) < 4.78 is 0. The first kappa shape index (κ1) is 12.2. The molecule has 0 aliphatic heterocycles. The summed E-state index contributed by atoms with van der Waals surface area (Å²) in [7, 11) is 0. The zero-order valence-corrected chi connectivity index (χ0v) is 10.2. The van der Waals surface area contributed by atoms with Crippen molar-refractivity contribution in [2.24, 2.45) is 0 Å². The monoisotopic (exact) mass is 247 g/mol. The van der Waals surface area contributed by atoms with E-state index in [0.717, 1.165) is 16.6 Å². The molecule has 0 bridgehead atoms. The van der Waals surface area contributed by atoms with E-state index in [-0.39, 0.29) is 11.3 Å². The number of nitrogens with one attached hydrogen (secondary N) is 2. The number of hydrogen-bond acceptors (Lipinski definition) is 4. The van der Waals surface area contributed by atoms with E-state index < -0.39 is 0 Å². The van der Waals surface area contributed by atoms with Crippen molar-refractivity contribution in [1.29, 1.82) is 15.8 Å². The molecule has 90 valence electrons. The summed E-state index contributed by atoms with van der Waals surface area (Å²) in [5, 5.41) is 30.3. The third-order valence-electron chi connectivity index (χ3n) is 2.61. The minimum Gasteiger partial charge on any atom is -0.359 e. The number of aromatic nitrogens is 1. The molecule has 2 rings (SSSR count). The number of nitriles is 3. The van der Waals surface area contributed by atoms with Crippen molar-refractivity contribution < 1.29 is 0 Å². The normalized spacial score (nSPS) is 9.16. The lowest BCUT2D eigenvalue weighted by molar-refractivity contribution is 1.30. The lowest BCUT2D eigenvalue weighted by atomic mass is 10.2. The van der Waals surface area contributed by atoms with Gasteiger partial charge in [-0.15, -0.1) is 0 Å². The third kappa shape index (κ3) is 2.39. The number of aryl methyl sites for hydroxylation is 1. The molecule has 5 heteroatoms. The van der Waals surface area contributed by atoms with Crippen LogP contribution >= 0.6 is 0 Å². The fourth-order valence-corrected chi connectivity index (χ4v) is 1.78. The SMILES string of the molecule is Cc1cc2cc(NC(C#N)=C(C#N)C#N)ccc2[nH]1. The van der Waals surface area contributed by atoms with Crippen LogP contribution in [0.3, 0.4) is 0 Å². The highest BCUT2D eigenvalue weighted by molar-refractivity contribution is 5.84. The molecule has 0 amide bonds. The maximum absolute atomic E-state index is 8.96. The van der Waals surface area contributed by atoms with Crippen LogP contribution in [0, 0.1) is 40.9 Å². The molecule has 0 aliphatic carbocycles. The van der Waals surface area contributed by atoms with Crippen LogP contribution in [0.15, 0.2) is 35.5 Å². The minimum absolute atomic E-state index is 0.0448. The summed E-state index contributed by atoms with van der Waals surface area (Å²) >= 11 is 0. The van der Waals surface area contributed by atoms with Gasteiger partial charge in [0.1, 0.15) is 23.9 Å². The van der Waals surface area contributed by atoms with Crippen LogP contribution in [-0.2, 0) is 0 Å². The largest absolute Gasteiger partial charge is 0.359 e. The Morgan fingerprint density at radius 2 is 1.84 bits per heavy atom. The predicted octanol–water partition coefficient (Wildman–Crippen LogP) is 2.71. The molecule has 0 saturated carbocycles. The number of hydrogen-bond donors (Lipinski definition) is 2. The van der Waals surface area contributed by atoms with Gasteiger partial charge in [0.25, 0.3) is 0 Å². The first-order valence-electron chi connectivity index (χ1n) is 5.49. The van der Waals surface area contributed by atoms with Crippen LogP contribution in [0.2, 0.25) is 0 Å². The highest BCUT2D eigenvalue weighted by Crippen LogP contribution is 2.21. The second-order valence-electron chi connectivity index (χ2n) is 3.96. The Balaban J connectivity index is 2.42. The number of nitrogens with zero attached hydrogens (tertiary/aromatic N) is 3. The van der Waals surface area contributed by atoms with Crippen molar-refractivity contribution in [1.82, 2.24) is 4.98 Å². The fraction of sp³-hybridized carbons (Fsp3) is 0.0714. The average molecular weight is 247 g/mol. The Labute approximate surface area is 110 Å². The molecule has 0 spiro atoms. The van der Waals surface area contributed by atoms with E-state index in [1.807, 2.05) is 31.2 Å². The highest BCUT2D eigenvalue weighted by atomic mass is 14.9. The van der Waals surface area contributed by atoms with Crippen LogP contribution in [0.5, 0.6) is 0 Å². The standard InChI is InChI=1S/C14H9N5/c1-9-4-10-5-12(2-3-13(10)18-9)19-14(8-17)11(6-15)7-16/h2-5,18-19H,1H3. The van der Waals surface area contributed by atoms with Crippen LogP contribution < -0.4 is 5.32 Å². The van der Waals surface area contributed by atoms with E-state index in [9.17, 15) is 0 Å². The van der Waals surface area contributed by atoms with Gasteiger partial charge in [0.2, 0.25) is 0 Å². The van der Waals surface area contributed by atoms with Gasteiger partial charge in [-0.1, -0.05) is 0 Å². The molecular weight excluding hydrogens is 238 g/mol. The molecule has 1 aromatic heterocycles. The molecule has 2 aromatic rings. The van der Waals surface area contributed by atoms with Gasteiger partial charge >= 0.3 is 0 Å². The van der Waals surface area contributed by atoms with Crippen molar-refractivity contribution in [3.63, 3.8) is 0 Å². The Kier molecular flexibility index (Phi) is 3.19. The fourth-order valence-electron chi connectivity index (χ4n) is 1.78. The van der Waals surface area contributed by atoms with Crippen molar-refractivity contribution in [3.8, 4) is 18.2 Å². The average Bonchev–Trinajstić information content (AvgIpc) is 2.78.